The molecule has 2 aliphatic rings. The third-order valence-electron chi connectivity index (χ3n) is 4.83. The van der Waals surface area contributed by atoms with Crippen LogP contribution in [0.3, 0.4) is 0 Å². The lowest BCUT2D eigenvalue weighted by molar-refractivity contribution is -0.132. The highest BCUT2D eigenvalue weighted by atomic mass is 19.3. The summed E-state index contributed by atoms with van der Waals surface area (Å²) in [5.41, 5.74) is 0.293. The van der Waals surface area contributed by atoms with Crippen molar-refractivity contribution in [3.63, 3.8) is 0 Å². The van der Waals surface area contributed by atoms with Crippen molar-refractivity contribution in [3.8, 4) is 11.5 Å². The molecule has 25 heavy (non-hydrogen) atoms. The van der Waals surface area contributed by atoms with Gasteiger partial charge in [-0.05, 0) is 43.2 Å². The molecule has 4 nitrogen and oxygen atoms in total. The van der Waals surface area contributed by atoms with E-state index >= 15 is 0 Å². The van der Waals surface area contributed by atoms with Crippen LogP contribution in [-0.4, -0.2) is 24.7 Å². The Morgan fingerprint density at radius 2 is 1.92 bits per heavy atom. The number of alkyl halides is 2. The molecule has 0 spiro atoms. The molecule has 1 N–H and O–H groups in total. The smallest absolute Gasteiger partial charge is 0.387 e. The van der Waals surface area contributed by atoms with Gasteiger partial charge in [-0.3, -0.25) is 4.79 Å². The fourth-order valence-corrected chi connectivity index (χ4v) is 3.52. The Labute approximate surface area is 144 Å². The Morgan fingerprint density at radius 3 is 2.52 bits per heavy atom. The molecule has 0 unspecified atom stereocenters. The summed E-state index contributed by atoms with van der Waals surface area (Å²) in [6.07, 6.45) is 2.60. The molecular formula is C18H22F3NO3. The number of nitrogens with one attached hydrogen (secondary N) is 1. The van der Waals surface area contributed by atoms with Crippen LogP contribution in [0.25, 0.3) is 0 Å². The van der Waals surface area contributed by atoms with Gasteiger partial charge in [0, 0.05) is 18.0 Å². The Morgan fingerprint density at radius 1 is 1.24 bits per heavy atom. The van der Waals surface area contributed by atoms with Gasteiger partial charge >= 0.3 is 6.61 Å². The third-order valence-corrected chi connectivity index (χ3v) is 4.83. The number of benzene rings is 1. The van der Waals surface area contributed by atoms with E-state index in [1.165, 1.54) is 0 Å². The van der Waals surface area contributed by atoms with Gasteiger partial charge in [0.1, 0.15) is 11.9 Å². The summed E-state index contributed by atoms with van der Waals surface area (Å²) in [5.74, 6) is -1.02. The van der Waals surface area contributed by atoms with Crippen LogP contribution in [0.5, 0.6) is 11.5 Å². The molecule has 0 radical (unpaired) electrons. The Balaban J connectivity index is 1.49. The van der Waals surface area contributed by atoms with Gasteiger partial charge in [0.05, 0.1) is 0 Å². The topological polar surface area (TPSA) is 47.6 Å². The van der Waals surface area contributed by atoms with Crippen molar-refractivity contribution in [1.82, 2.24) is 5.32 Å². The van der Waals surface area contributed by atoms with Crippen LogP contribution in [-0.2, 0) is 4.79 Å². The van der Waals surface area contributed by atoms with E-state index in [0.29, 0.717) is 18.3 Å². The monoisotopic (exact) mass is 357 g/mol. The third kappa shape index (κ3) is 4.38. The van der Waals surface area contributed by atoms with Gasteiger partial charge in [-0.15, -0.1) is 0 Å². The second-order valence-electron chi connectivity index (χ2n) is 7.66. The Kier molecular flexibility index (Phi) is 4.84. The number of hydrogen-bond donors (Lipinski definition) is 1. The van der Waals surface area contributed by atoms with E-state index in [1.54, 1.807) is 0 Å². The number of carbonyl (C=O) groups excluding carboxylic acids is 1. The summed E-state index contributed by atoms with van der Waals surface area (Å²) in [7, 11) is 0. The lowest BCUT2D eigenvalue weighted by Crippen LogP contribution is -2.52. The molecule has 0 atom stereocenters. The maximum atomic E-state index is 13.3. The van der Waals surface area contributed by atoms with Crippen molar-refractivity contribution in [1.29, 1.82) is 0 Å². The number of halogens is 3. The fourth-order valence-electron chi connectivity index (χ4n) is 3.52. The van der Waals surface area contributed by atoms with Crippen LogP contribution in [0.15, 0.2) is 18.2 Å². The quantitative estimate of drug-likeness (QED) is 0.840. The molecule has 0 heterocycles. The summed E-state index contributed by atoms with van der Waals surface area (Å²) in [5, 5.41) is 3.03. The van der Waals surface area contributed by atoms with Crippen LogP contribution >= 0.6 is 0 Å². The van der Waals surface area contributed by atoms with E-state index in [2.05, 4.69) is 23.9 Å². The van der Waals surface area contributed by atoms with E-state index in [-0.39, 0.29) is 35.5 Å². The summed E-state index contributed by atoms with van der Waals surface area (Å²) < 4.78 is 48.0. The van der Waals surface area contributed by atoms with Gasteiger partial charge in [0.15, 0.2) is 11.5 Å². The molecule has 2 aliphatic carbocycles. The first-order chi connectivity index (χ1) is 11.7. The van der Waals surface area contributed by atoms with Gasteiger partial charge in [0.25, 0.3) is 0 Å². The number of amides is 1. The predicted octanol–water partition coefficient (Wildman–Crippen LogP) is 3.89. The predicted molar refractivity (Wildman–Crippen MR) is 85.1 cm³/mol. The van der Waals surface area contributed by atoms with Crippen molar-refractivity contribution in [2.75, 3.05) is 0 Å². The standard InChI is InChI=1S/C18H22F3NO3/c1-18(2)8-12(9-18)22-16(23)10-5-13(6-10)24-15-7-11(19)3-4-14(15)25-17(20)21/h3-4,7,10,12-13,17H,5-6,8-9H2,1-2H3,(H,22,23)/t10-,13-. The zero-order valence-corrected chi connectivity index (χ0v) is 14.2. The average molecular weight is 357 g/mol. The lowest BCUT2D eigenvalue weighted by atomic mass is 9.68. The van der Waals surface area contributed by atoms with Crippen LogP contribution in [0, 0.1) is 17.2 Å². The minimum Gasteiger partial charge on any atom is -0.486 e. The molecule has 1 aromatic rings. The van der Waals surface area contributed by atoms with E-state index in [0.717, 1.165) is 31.0 Å². The van der Waals surface area contributed by atoms with Crippen LogP contribution in [0.1, 0.15) is 39.5 Å². The van der Waals surface area contributed by atoms with Crippen molar-refractivity contribution in [2.45, 2.75) is 58.3 Å². The number of carbonyl (C=O) groups is 1. The second-order valence-corrected chi connectivity index (χ2v) is 7.66. The first-order valence-electron chi connectivity index (χ1n) is 8.43. The molecular weight excluding hydrogens is 335 g/mol. The average Bonchev–Trinajstić information content (AvgIpc) is 2.42. The molecule has 0 bridgehead atoms. The van der Waals surface area contributed by atoms with Gasteiger partial charge in [-0.2, -0.15) is 8.78 Å². The maximum absolute atomic E-state index is 13.3. The highest BCUT2D eigenvalue weighted by Crippen LogP contribution is 2.41. The van der Waals surface area contributed by atoms with E-state index < -0.39 is 12.4 Å². The molecule has 7 heteroatoms. The first-order valence-corrected chi connectivity index (χ1v) is 8.43. The molecule has 1 amide bonds. The number of ether oxygens (including phenoxy) is 2. The second kappa shape index (κ2) is 6.77. The maximum Gasteiger partial charge on any atom is 0.387 e. The minimum atomic E-state index is -3.01. The lowest BCUT2D eigenvalue weighted by Gasteiger charge is -2.44. The molecule has 0 aromatic heterocycles. The van der Waals surface area contributed by atoms with E-state index in [4.69, 9.17) is 4.74 Å². The van der Waals surface area contributed by atoms with Crippen molar-refractivity contribution >= 4 is 5.91 Å². The van der Waals surface area contributed by atoms with Crippen LogP contribution in [0.4, 0.5) is 13.2 Å². The zero-order chi connectivity index (χ0) is 18.2. The van der Waals surface area contributed by atoms with Crippen LogP contribution in [0.2, 0.25) is 0 Å². The van der Waals surface area contributed by atoms with Crippen molar-refractivity contribution in [3.05, 3.63) is 24.0 Å². The molecule has 2 fully saturated rings. The minimum absolute atomic E-state index is 0.00338. The molecule has 138 valence electrons. The normalized spacial score (nSPS) is 25.0. The van der Waals surface area contributed by atoms with Gasteiger partial charge < -0.3 is 14.8 Å². The fraction of sp³-hybridized carbons (Fsp3) is 0.611. The molecule has 2 saturated carbocycles. The molecule has 0 saturated heterocycles. The summed E-state index contributed by atoms with van der Waals surface area (Å²) in [6.45, 7) is 1.32. The summed E-state index contributed by atoms with van der Waals surface area (Å²) >= 11 is 0. The van der Waals surface area contributed by atoms with Crippen molar-refractivity contribution in [2.24, 2.45) is 11.3 Å². The zero-order valence-electron chi connectivity index (χ0n) is 14.2. The number of hydrogen-bond acceptors (Lipinski definition) is 3. The number of rotatable bonds is 6. The van der Waals surface area contributed by atoms with E-state index in [9.17, 15) is 18.0 Å². The van der Waals surface area contributed by atoms with Crippen LogP contribution < -0.4 is 14.8 Å². The molecule has 3 rings (SSSR count). The largest absolute Gasteiger partial charge is 0.486 e. The summed E-state index contributed by atoms with van der Waals surface area (Å²) in [4.78, 5) is 12.2. The van der Waals surface area contributed by atoms with Gasteiger partial charge in [0.2, 0.25) is 5.91 Å². The SMILES string of the molecule is CC1(C)CC(NC(=O)[C@H]2C[C@H](Oc3cc(F)ccc3OC(F)F)C2)C1. The van der Waals surface area contributed by atoms with E-state index in [1.807, 2.05) is 0 Å². The Bertz CT molecular complexity index is 636. The van der Waals surface area contributed by atoms with Gasteiger partial charge in [-0.25, -0.2) is 4.39 Å². The van der Waals surface area contributed by atoms with Gasteiger partial charge in [-0.1, -0.05) is 13.8 Å². The highest BCUT2D eigenvalue weighted by molar-refractivity contribution is 5.80. The Hall–Kier alpha value is -1.92. The highest BCUT2D eigenvalue weighted by Gasteiger charge is 2.41. The summed E-state index contributed by atoms with van der Waals surface area (Å²) in [6, 6.07) is 3.39. The first kappa shape index (κ1) is 17.9. The molecule has 0 aliphatic heterocycles. The van der Waals surface area contributed by atoms with Crippen molar-refractivity contribution < 1.29 is 27.4 Å². The molecule has 1 aromatic carbocycles.